The van der Waals surface area contributed by atoms with Crippen LogP contribution in [-0.4, -0.2) is 31.6 Å². The quantitative estimate of drug-likeness (QED) is 0.932. The van der Waals surface area contributed by atoms with Crippen LogP contribution in [0.3, 0.4) is 0 Å². The molecule has 2 N–H and O–H groups in total. The van der Waals surface area contributed by atoms with Gasteiger partial charge in [0.25, 0.3) is 0 Å². The molecular formula is C15H18N2O4. The summed E-state index contributed by atoms with van der Waals surface area (Å²) >= 11 is 0. The summed E-state index contributed by atoms with van der Waals surface area (Å²) < 4.78 is 21.9. The molecule has 1 aromatic carbocycles. The molecule has 1 aliphatic heterocycles. The molecule has 0 saturated carbocycles. The third kappa shape index (κ3) is 3.11. The Morgan fingerprint density at radius 2 is 2.00 bits per heavy atom. The molecule has 2 aromatic rings. The molecule has 6 heteroatoms. The topological polar surface area (TPSA) is 79.7 Å². The molecule has 0 unspecified atom stereocenters. The zero-order valence-electron chi connectivity index (χ0n) is 11.9. The van der Waals surface area contributed by atoms with Crippen LogP contribution < -0.4 is 15.2 Å². The molecule has 2 heterocycles. The summed E-state index contributed by atoms with van der Waals surface area (Å²) in [5.41, 5.74) is 6.43. The Labute approximate surface area is 122 Å². The van der Waals surface area contributed by atoms with Crippen LogP contribution in [0.15, 0.2) is 28.8 Å². The van der Waals surface area contributed by atoms with Crippen LogP contribution in [0, 0.1) is 0 Å². The van der Waals surface area contributed by atoms with Gasteiger partial charge in [0.1, 0.15) is 6.10 Å². The molecule has 1 aliphatic rings. The molecule has 112 valence electrons. The third-order valence-electron chi connectivity index (χ3n) is 3.44. The highest BCUT2D eigenvalue weighted by Gasteiger charge is 2.18. The van der Waals surface area contributed by atoms with Crippen LogP contribution in [0.4, 0.5) is 5.82 Å². The van der Waals surface area contributed by atoms with Crippen molar-refractivity contribution in [2.75, 3.05) is 26.1 Å². The molecule has 1 saturated heterocycles. The minimum atomic E-state index is 0.141. The maximum absolute atomic E-state index is 6.05. The fourth-order valence-electron chi connectivity index (χ4n) is 2.32. The smallest absolute Gasteiger partial charge is 0.169 e. The van der Waals surface area contributed by atoms with Crippen molar-refractivity contribution in [3.63, 3.8) is 0 Å². The number of benzene rings is 1. The van der Waals surface area contributed by atoms with Crippen molar-refractivity contribution in [2.45, 2.75) is 18.9 Å². The normalized spacial score (nSPS) is 15.9. The van der Waals surface area contributed by atoms with E-state index in [-0.39, 0.29) is 6.10 Å². The number of hydrogen-bond donors (Lipinski definition) is 1. The van der Waals surface area contributed by atoms with Gasteiger partial charge in [-0.15, -0.1) is 0 Å². The van der Waals surface area contributed by atoms with E-state index in [2.05, 4.69) is 5.16 Å². The lowest BCUT2D eigenvalue weighted by Gasteiger charge is -2.24. The largest absolute Gasteiger partial charge is 0.493 e. The Kier molecular flexibility index (Phi) is 3.96. The Hall–Kier alpha value is -2.21. The van der Waals surface area contributed by atoms with E-state index in [0.717, 1.165) is 31.6 Å². The third-order valence-corrected chi connectivity index (χ3v) is 3.44. The number of nitrogens with zero attached hydrogens (tertiary/aromatic N) is 1. The number of hydrogen-bond acceptors (Lipinski definition) is 6. The van der Waals surface area contributed by atoms with E-state index in [4.69, 9.17) is 24.5 Å². The molecule has 21 heavy (non-hydrogen) atoms. The predicted molar refractivity (Wildman–Crippen MR) is 77.4 cm³/mol. The summed E-state index contributed by atoms with van der Waals surface area (Å²) in [6.45, 7) is 1.45. The lowest BCUT2D eigenvalue weighted by atomic mass is 10.1. The van der Waals surface area contributed by atoms with Crippen molar-refractivity contribution in [3.8, 4) is 22.8 Å². The molecule has 0 aliphatic carbocycles. The summed E-state index contributed by atoms with van der Waals surface area (Å²) in [6, 6.07) is 7.30. The highest BCUT2D eigenvalue weighted by molar-refractivity contribution is 5.64. The summed E-state index contributed by atoms with van der Waals surface area (Å²) in [6.07, 6.45) is 1.90. The van der Waals surface area contributed by atoms with Gasteiger partial charge in [0.05, 0.1) is 20.3 Å². The molecule has 0 amide bonds. The van der Waals surface area contributed by atoms with Gasteiger partial charge in [-0.05, 0) is 18.2 Å². The second-order valence-corrected chi connectivity index (χ2v) is 4.91. The molecule has 0 bridgehead atoms. The number of nitrogen functional groups attached to an aromatic ring is 1. The Morgan fingerprint density at radius 1 is 1.19 bits per heavy atom. The van der Waals surface area contributed by atoms with Gasteiger partial charge in [0.2, 0.25) is 0 Å². The summed E-state index contributed by atoms with van der Waals surface area (Å²) in [4.78, 5) is 0. The molecule has 1 aromatic heterocycles. The number of ether oxygens (including phenoxy) is 3. The van der Waals surface area contributed by atoms with Crippen molar-refractivity contribution in [1.82, 2.24) is 5.16 Å². The summed E-state index contributed by atoms with van der Waals surface area (Å²) in [5, 5.41) is 3.70. The van der Waals surface area contributed by atoms with Gasteiger partial charge in [0.15, 0.2) is 23.1 Å². The van der Waals surface area contributed by atoms with E-state index in [9.17, 15) is 0 Å². The van der Waals surface area contributed by atoms with Gasteiger partial charge in [-0.1, -0.05) is 5.16 Å². The van der Waals surface area contributed by atoms with Gasteiger partial charge in [-0.3, -0.25) is 0 Å². The Morgan fingerprint density at radius 3 is 2.67 bits per heavy atom. The molecule has 6 nitrogen and oxygen atoms in total. The fraction of sp³-hybridized carbons (Fsp3) is 0.400. The first-order valence-electron chi connectivity index (χ1n) is 6.91. The van der Waals surface area contributed by atoms with E-state index >= 15 is 0 Å². The first-order valence-corrected chi connectivity index (χ1v) is 6.91. The maximum atomic E-state index is 6.05. The molecule has 0 spiro atoms. The first-order chi connectivity index (χ1) is 10.3. The van der Waals surface area contributed by atoms with E-state index < -0.39 is 0 Å². The molecule has 1 fully saturated rings. The van der Waals surface area contributed by atoms with Crippen LogP contribution in [-0.2, 0) is 4.74 Å². The van der Waals surface area contributed by atoms with Crippen molar-refractivity contribution >= 4 is 5.82 Å². The highest BCUT2D eigenvalue weighted by Crippen LogP contribution is 2.34. The van der Waals surface area contributed by atoms with E-state index in [0.29, 0.717) is 23.1 Å². The van der Waals surface area contributed by atoms with Crippen LogP contribution in [0.1, 0.15) is 12.8 Å². The number of aromatic nitrogens is 1. The fourth-order valence-corrected chi connectivity index (χ4v) is 2.32. The lowest BCUT2D eigenvalue weighted by molar-refractivity contribution is 0.0246. The zero-order valence-corrected chi connectivity index (χ0v) is 11.9. The van der Waals surface area contributed by atoms with Gasteiger partial charge in [-0.25, -0.2) is 0 Å². The van der Waals surface area contributed by atoms with Crippen LogP contribution in [0.5, 0.6) is 11.5 Å². The van der Waals surface area contributed by atoms with Crippen LogP contribution in [0.25, 0.3) is 11.3 Å². The standard InChI is InChI=1S/C15H18N2O4/c1-18-12-3-2-10(13-9-15(16)17-21-13)8-14(12)20-11-4-6-19-7-5-11/h2-3,8-9,11H,4-7H2,1H3,(H2,16,17). The zero-order chi connectivity index (χ0) is 14.7. The average Bonchev–Trinajstić information content (AvgIpc) is 2.95. The molecule has 0 radical (unpaired) electrons. The number of methoxy groups -OCH3 is 1. The minimum Gasteiger partial charge on any atom is -0.493 e. The molecule has 0 atom stereocenters. The maximum Gasteiger partial charge on any atom is 0.169 e. The van der Waals surface area contributed by atoms with Crippen molar-refractivity contribution in [2.24, 2.45) is 0 Å². The lowest BCUT2D eigenvalue weighted by Crippen LogP contribution is -2.26. The Bertz CT molecular complexity index is 605. The molecule has 3 rings (SSSR count). The van der Waals surface area contributed by atoms with Gasteiger partial charge in [0, 0.05) is 24.5 Å². The SMILES string of the molecule is COc1ccc(-c2cc(N)no2)cc1OC1CCOCC1. The summed E-state index contributed by atoms with van der Waals surface area (Å²) in [5.74, 6) is 2.34. The second kappa shape index (κ2) is 6.05. The number of rotatable bonds is 4. The molecular weight excluding hydrogens is 272 g/mol. The van der Waals surface area contributed by atoms with E-state index in [1.807, 2.05) is 18.2 Å². The van der Waals surface area contributed by atoms with Gasteiger partial charge in [-0.2, -0.15) is 0 Å². The first kappa shape index (κ1) is 13.8. The van der Waals surface area contributed by atoms with Crippen LogP contribution in [0.2, 0.25) is 0 Å². The van der Waals surface area contributed by atoms with Crippen molar-refractivity contribution < 1.29 is 18.7 Å². The van der Waals surface area contributed by atoms with E-state index in [1.165, 1.54) is 0 Å². The second-order valence-electron chi connectivity index (χ2n) is 4.91. The minimum absolute atomic E-state index is 0.141. The number of nitrogens with two attached hydrogens (primary N) is 1. The average molecular weight is 290 g/mol. The van der Waals surface area contributed by atoms with Crippen molar-refractivity contribution in [3.05, 3.63) is 24.3 Å². The highest BCUT2D eigenvalue weighted by atomic mass is 16.5. The summed E-state index contributed by atoms with van der Waals surface area (Å²) in [7, 11) is 1.62. The predicted octanol–water partition coefficient (Wildman–Crippen LogP) is 2.49. The van der Waals surface area contributed by atoms with Gasteiger partial charge >= 0.3 is 0 Å². The van der Waals surface area contributed by atoms with Crippen molar-refractivity contribution in [1.29, 1.82) is 0 Å². The Balaban J connectivity index is 1.86. The van der Waals surface area contributed by atoms with E-state index in [1.54, 1.807) is 13.2 Å². The van der Waals surface area contributed by atoms with Crippen LogP contribution >= 0.6 is 0 Å². The van der Waals surface area contributed by atoms with Gasteiger partial charge < -0.3 is 24.5 Å². The number of anilines is 1. The monoisotopic (exact) mass is 290 g/mol.